The number of aromatic nitrogens is 2. The van der Waals surface area contributed by atoms with Gasteiger partial charge in [-0.25, -0.2) is 31.0 Å². The van der Waals surface area contributed by atoms with E-state index in [0.29, 0.717) is 37.2 Å². The molecule has 2 heterocycles. The van der Waals surface area contributed by atoms with E-state index >= 15 is 0 Å². The maximum Gasteiger partial charge on any atom is 0.266 e. The SMILES string of the molecule is O=S(=O)(Nc1ncns1)c1cc(F)c(OC[C@H]2CNCC[C@@H]2c2ccc(F)c(F)c2)cc1F. The quantitative estimate of drug-likeness (QED) is 0.479. The van der Waals surface area contributed by atoms with E-state index in [1.54, 1.807) is 0 Å². The second kappa shape index (κ2) is 9.61. The van der Waals surface area contributed by atoms with Gasteiger partial charge in [0.05, 0.1) is 6.61 Å². The van der Waals surface area contributed by atoms with Crippen LogP contribution in [0.15, 0.2) is 41.6 Å². The van der Waals surface area contributed by atoms with Crippen molar-refractivity contribution >= 4 is 26.7 Å². The second-order valence-corrected chi connectivity index (χ2v) is 9.84. The van der Waals surface area contributed by atoms with Crippen molar-refractivity contribution in [3.63, 3.8) is 0 Å². The lowest BCUT2D eigenvalue weighted by Gasteiger charge is -2.32. The van der Waals surface area contributed by atoms with Crippen LogP contribution in [0.1, 0.15) is 17.9 Å². The molecule has 1 aliphatic heterocycles. The van der Waals surface area contributed by atoms with Crippen molar-refractivity contribution in [2.24, 2.45) is 5.92 Å². The molecule has 2 N–H and O–H groups in total. The molecule has 33 heavy (non-hydrogen) atoms. The Hall–Kier alpha value is -2.77. The molecule has 13 heteroatoms. The van der Waals surface area contributed by atoms with Gasteiger partial charge in [0.15, 0.2) is 23.2 Å². The first-order valence-corrected chi connectivity index (χ1v) is 12.1. The number of nitrogens with zero attached hydrogens (tertiary/aromatic N) is 2. The van der Waals surface area contributed by atoms with Crippen molar-refractivity contribution < 1.29 is 30.7 Å². The number of benzene rings is 2. The van der Waals surface area contributed by atoms with Gasteiger partial charge < -0.3 is 10.1 Å². The number of rotatable bonds is 7. The smallest absolute Gasteiger partial charge is 0.266 e. The van der Waals surface area contributed by atoms with Crippen molar-refractivity contribution in [3.8, 4) is 5.75 Å². The van der Waals surface area contributed by atoms with Crippen LogP contribution in [-0.4, -0.2) is 37.5 Å². The van der Waals surface area contributed by atoms with Crippen LogP contribution in [0, 0.1) is 29.2 Å². The summed E-state index contributed by atoms with van der Waals surface area (Å²) in [7, 11) is -4.43. The zero-order valence-corrected chi connectivity index (χ0v) is 18.5. The summed E-state index contributed by atoms with van der Waals surface area (Å²) in [6.07, 6.45) is 1.73. The summed E-state index contributed by atoms with van der Waals surface area (Å²) in [5, 5.41) is 3.07. The van der Waals surface area contributed by atoms with Gasteiger partial charge >= 0.3 is 0 Å². The number of nitrogens with one attached hydrogen (secondary N) is 2. The second-order valence-electron chi connectivity index (χ2n) is 7.41. The van der Waals surface area contributed by atoms with E-state index in [9.17, 15) is 26.0 Å². The third-order valence-electron chi connectivity index (χ3n) is 5.29. The Labute approximate surface area is 191 Å². The molecule has 3 aromatic rings. The molecule has 0 unspecified atom stereocenters. The zero-order valence-electron chi connectivity index (χ0n) is 16.9. The Morgan fingerprint density at radius 2 is 1.91 bits per heavy atom. The van der Waals surface area contributed by atoms with Crippen molar-refractivity contribution in [1.29, 1.82) is 0 Å². The predicted molar refractivity (Wildman–Crippen MR) is 113 cm³/mol. The van der Waals surface area contributed by atoms with E-state index < -0.39 is 43.9 Å². The maximum absolute atomic E-state index is 14.6. The van der Waals surface area contributed by atoms with E-state index in [1.165, 1.54) is 6.07 Å². The molecular weight excluding hydrogens is 484 g/mol. The molecule has 4 rings (SSSR count). The number of ether oxygens (including phenoxy) is 1. The molecule has 2 aromatic carbocycles. The average molecular weight is 503 g/mol. The molecule has 0 spiro atoms. The molecule has 0 amide bonds. The average Bonchev–Trinajstić information content (AvgIpc) is 3.28. The lowest BCUT2D eigenvalue weighted by molar-refractivity contribution is 0.190. The van der Waals surface area contributed by atoms with Crippen molar-refractivity contribution in [2.45, 2.75) is 17.2 Å². The molecule has 7 nitrogen and oxygen atoms in total. The Morgan fingerprint density at radius 1 is 1.09 bits per heavy atom. The minimum atomic E-state index is -4.43. The Balaban J connectivity index is 1.50. The lowest BCUT2D eigenvalue weighted by Crippen LogP contribution is -2.38. The van der Waals surface area contributed by atoms with Crippen molar-refractivity contribution in [3.05, 3.63) is 65.5 Å². The first-order valence-electron chi connectivity index (χ1n) is 9.81. The summed E-state index contributed by atoms with van der Waals surface area (Å²) in [5.41, 5.74) is 0.583. The van der Waals surface area contributed by atoms with Gasteiger partial charge in [0, 0.05) is 36.1 Å². The topological polar surface area (TPSA) is 93.2 Å². The van der Waals surface area contributed by atoms with Gasteiger partial charge in [-0.3, -0.25) is 4.72 Å². The molecule has 0 bridgehead atoms. The molecular formula is C20H18F4N4O3S2. The van der Waals surface area contributed by atoms with Crippen molar-refractivity contribution in [1.82, 2.24) is 14.7 Å². The summed E-state index contributed by atoms with van der Waals surface area (Å²) < 4.78 is 92.0. The van der Waals surface area contributed by atoms with Crippen LogP contribution in [0.25, 0.3) is 0 Å². The first-order chi connectivity index (χ1) is 15.7. The molecule has 1 fully saturated rings. The van der Waals surface area contributed by atoms with Crippen LogP contribution in [0.2, 0.25) is 0 Å². The van der Waals surface area contributed by atoms with E-state index in [4.69, 9.17) is 4.74 Å². The first kappa shape index (κ1) is 23.4. The number of hydrogen-bond donors (Lipinski definition) is 2. The summed E-state index contributed by atoms with van der Waals surface area (Å²) in [5.74, 6) is -5.08. The number of halogens is 4. The summed E-state index contributed by atoms with van der Waals surface area (Å²) >= 11 is 0.739. The maximum atomic E-state index is 14.6. The highest BCUT2D eigenvalue weighted by atomic mass is 32.2. The van der Waals surface area contributed by atoms with Crippen LogP contribution in [0.4, 0.5) is 22.7 Å². The van der Waals surface area contributed by atoms with Crippen LogP contribution in [0.5, 0.6) is 5.75 Å². The summed E-state index contributed by atoms with van der Waals surface area (Å²) in [6.45, 7) is 1.06. The van der Waals surface area contributed by atoms with Gasteiger partial charge in [0.2, 0.25) is 5.13 Å². The Morgan fingerprint density at radius 3 is 2.64 bits per heavy atom. The van der Waals surface area contributed by atoms with Crippen molar-refractivity contribution in [2.75, 3.05) is 24.4 Å². The van der Waals surface area contributed by atoms with E-state index in [0.717, 1.165) is 30.0 Å². The van der Waals surface area contributed by atoms with Gasteiger partial charge in [0.1, 0.15) is 17.0 Å². The molecule has 1 saturated heterocycles. The largest absolute Gasteiger partial charge is 0.490 e. The number of anilines is 1. The highest BCUT2D eigenvalue weighted by Gasteiger charge is 2.29. The van der Waals surface area contributed by atoms with Crippen LogP contribution < -0.4 is 14.8 Å². The number of hydrogen-bond acceptors (Lipinski definition) is 7. The molecule has 1 aliphatic rings. The van der Waals surface area contributed by atoms with Gasteiger partial charge in [-0.15, -0.1) is 0 Å². The lowest BCUT2D eigenvalue weighted by atomic mass is 9.81. The van der Waals surface area contributed by atoms with Gasteiger partial charge in [-0.1, -0.05) is 6.07 Å². The fourth-order valence-electron chi connectivity index (χ4n) is 3.69. The van der Waals surface area contributed by atoms with Gasteiger partial charge in [-0.05, 0) is 36.6 Å². The highest BCUT2D eigenvalue weighted by Crippen LogP contribution is 2.33. The summed E-state index contributed by atoms with van der Waals surface area (Å²) in [4.78, 5) is 2.74. The minimum absolute atomic E-state index is 0.0534. The molecule has 0 aliphatic carbocycles. The van der Waals surface area contributed by atoms with E-state index in [-0.39, 0.29) is 23.6 Å². The van der Waals surface area contributed by atoms with Crippen LogP contribution in [0.3, 0.4) is 0 Å². The number of piperidine rings is 1. The standard InChI is InChI=1S/C20H18F4N4O3S2/c21-14-2-1-11(5-15(14)22)13-3-4-25-8-12(13)9-31-18-6-17(24)19(7-16(18)23)33(29,30)28-20-26-10-27-32-20/h1-2,5-7,10,12-13,25H,3-4,8-9H2,(H,26,27,28)/t12-,13-/m1/s1. The van der Waals surface area contributed by atoms with Gasteiger partial charge in [-0.2, -0.15) is 4.37 Å². The molecule has 1 aromatic heterocycles. The fourth-order valence-corrected chi connectivity index (χ4v) is 5.43. The van der Waals surface area contributed by atoms with E-state index in [2.05, 4.69) is 14.7 Å². The monoisotopic (exact) mass is 502 g/mol. The van der Waals surface area contributed by atoms with Crippen LogP contribution in [-0.2, 0) is 10.0 Å². The minimum Gasteiger partial charge on any atom is -0.490 e. The zero-order chi connectivity index (χ0) is 23.6. The van der Waals surface area contributed by atoms with E-state index in [1.807, 2.05) is 4.72 Å². The number of sulfonamides is 1. The predicted octanol–water partition coefficient (Wildman–Crippen LogP) is 3.67. The molecule has 0 saturated carbocycles. The van der Waals surface area contributed by atoms with Crippen LogP contribution >= 0.6 is 11.5 Å². The summed E-state index contributed by atoms with van der Waals surface area (Å²) in [6, 6.07) is 4.86. The molecule has 2 atom stereocenters. The third-order valence-corrected chi connectivity index (χ3v) is 7.35. The fraction of sp³-hybridized carbons (Fsp3) is 0.300. The molecule has 0 radical (unpaired) electrons. The Bertz CT molecular complexity index is 1240. The highest BCUT2D eigenvalue weighted by molar-refractivity contribution is 7.93. The third kappa shape index (κ3) is 5.25. The molecule has 176 valence electrons. The van der Waals surface area contributed by atoms with Gasteiger partial charge in [0.25, 0.3) is 10.0 Å². The normalized spacial score (nSPS) is 18.8. The Kier molecular flexibility index (Phi) is 6.81.